The summed E-state index contributed by atoms with van der Waals surface area (Å²) >= 11 is 0. The molecule has 1 aromatic carbocycles. The Kier molecular flexibility index (Phi) is 12.0. The molecule has 7 heteroatoms. The van der Waals surface area contributed by atoms with Crippen molar-refractivity contribution in [1.82, 2.24) is 10.6 Å². The zero-order valence-corrected chi connectivity index (χ0v) is 19.8. The molecule has 1 aliphatic rings. The molecule has 1 aromatic rings. The summed E-state index contributed by atoms with van der Waals surface area (Å²) in [6.45, 7) is 5.67. The van der Waals surface area contributed by atoms with Gasteiger partial charge >= 0.3 is 0 Å². The highest BCUT2D eigenvalue weighted by Gasteiger charge is 2.25. The van der Waals surface area contributed by atoms with Crippen molar-refractivity contribution in [3.8, 4) is 5.75 Å². The molecule has 27 heavy (non-hydrogen) atoms. The summed E-state index contributed by atoms with van der Waals surface area (Å²) in [5, 5.41) is 7.22. The number of ether oxygens (including phenoxy) is 1. The number of methoxy groups -OCH3 is 1. The van der Waals surface area contributed by atoms with E-state index >= 15 is 0 Å². The number of nitrogens with zero attached hydrogens (tertiary/aromatic N) is 1. The molecule has 0 bridgehead atoms. The second-order valence-electron chi connectivity index (χ2n) is 6.66. The van der Waals surface area contributed by atoms with Gasteiger partial charge in [-0.25, -0.2) is 0 Å². The van der Waals surface area contributed by atoms with Gasteiger partial charge in [-0.1, -0.05) is 25.5 Å². The molecule has 2 N–H and O–H groups in total. The van der Waals surface area contributed by atoms with Gasteiger partial charge < -0.3 is 15.4 Å². The molecule has 0 aromatic heterocycles. The van der Waals surface area contributed by atoms with Gasteiger partial charge in [0.05, 0.1) is 7.11 Å². The first-order valence-electron chi connectivity index (χ1n) is 9.71. The maximum Gasteiger partial charge on any atom is 0.191 e. The van der Waals surface area contributed by atoms with Gasteiger partial charge in [-0.2, -0.15) is 0 Å². The Balaban J connectivity index is 0.00000364. The van der Waals surface area contributed by atoms with Crippen molar-refractivity contribution < 1.29 is 8.95 Å². The average Bonchev–Trinajstić information content (AvgIpc) is 2.68. The molecule has 0 saturated heterocycles. The van der Waals surface area contributed by atoms with Crippen LogP contribution >= 0.6 is 24.0 Å². The predicted octanol–water partition coefficient (Wildman–Crippen LogP) is 3.49. The quantitative estimate of drug-likeness (QED) is 0.321. The molecule has 0 amide bonds. The molecule has 2 rings (SSSR count). The lowest BCUT2D eigenvalue weighted by molar-refractivity contribution is 0.413. The number of hydrogen-bond acceptors (Lipinski definition) is 3. The normalized spacial score (nSPS) is 21.1. The molecule has 3 atom stereocenters. The van der Waals surface area contributed by atoms with Crippen molar-refractivity contribution in [3.05, 3.63) is 29.8 Å². The Labute approximate surface area is 183 Å². The van der Waals surface area contributed by atoms with Gasteiger partial charge in [-0.15, -0.1) is 24.0 Å². The predicted molar refractivity (Wildman–Crippen MR) is 126 cm³/mol. The minimum Gasteiger partial charge on any atom is -0.497 e. The van der Waals surface area contributed by atoms with E-state index in [1.165, 1.54) is 5.56 Å². The molecule has 1 saturated carbocycles. The highest BCUT2D eigenvalue weighted by atomic mass is 127. The molecule has 0 aliphatic heterocycles. The highest BCUT2D eigenvalue weighted by Crippen LogP contribution is 2.23. The Bertz CT molecular complexity index is 595. The summed E-state index contributed by atoms with van der Waals surface area (Å²) in [6.07, 6.45) is 5.22. The highest BCUT2D eigenvalue weighted by molar-refractivity contribution is 14.0. The summed E-state index contributed by atoms with van der Waals surface area (Å²) in [4.78, 5) is 4.72. The first-order valence-corrected chi connectivity index (χ1v) is 11.1. The Morgan fingerprint density at radius 2 is 2.00 bits per heavy atom. The fraction of sp³-hybridized carbons (Fsp3) is 0.650. The third kappa shape index (κ3) is 8.37. The lowest BCUT2D eigenvalue weighted by atomic mass is 9.95. The Morgan fingerprint density at radius 3 is 2.63 bits per heavy atom. The van der Waals surface area contributed by atoms with E-state index in [4.69, 9.17) is 9.73 Å². The number of halogens is 1. The number of nitrogens with one attached hydrogen (secondary N) is 2. The van der Waals surface area contributed by atoms with Crippen LogP contribution < -0.4 is 15.4 Å². The summed E-state index contributed by atoms with van der Waals surface area (Å²) in [5.41, 5.74) is 1.25. The second kappa shape index (κ2) is 13.4. The number of benzene rings is 1. The zero-order valence-electron chi connectivity index (χ0n) is 16.7. The smallest absolute Gasteiger partial charge is 0.191 e. The van der Waals surface area contributed by atoms with E-state index < -0.39 is 10.8 Å². The van der Waals surface area contributed by atoms with Crippen LogP contribution in [-0.4, -0.2) is 47.4 Å². The Hall–Kier alpha value is -0.830. The van der Waals surface area contributed by atoms with Crippen LogP contribution in [0.5, 0.6) is 5.75 Å². The van der Waals surface area contributed by atoms with Crippen LogP contribution in [0, 0.1) is 0 Å². The average molecular weight is 507 g/mol. The van der Waals surface area contributed by atoms with Crippen LogP contribution in [0.4, 0.5) is 0 Å². The van der Waals surface area contributed by atoms with Crippen molar-refractivity contribution in [2.75, 3.05) is 26.0 Å². The van der Waals surface area contributed by atoms with Crippen LogP contribution in [-0.2, 0) is 17.2 Å². The van der Waals surface area contributed by atoms with Crippen molar-refractivity contribution in [2.45, 2.75) is 57.2 Å². The van der Waals surface area contributed by atoms with E-state index in [0.29, 0.717) is 11.3 Å². The van der Waals surface area contributed by atoms with Crippen LogP contribution in [0.1, 0.15) is 45.1 Å². The van der Waals surface area contributed by atoms with E-state index in [9.17, 15) is 4.21 Å². The van der Waals surface area contributed by atoms with E-state index in [0.717, 1.165) is 62.7 Å². The van der Waals surface area contributed by atoms with E-state index in [1.54, 1.807) is 7.11 Å². The lowest BCUT2D eigenvalue weighted by Crippen LogP contribution is -2.46. The van der Waals surface area contributed by atoms with Crippen molar-refractivity contribution in [3.63, 3.8) is 0 Å². The standard InChI is InChI=1S/C20H33N3O2S.HI/c1-4-21-20(22-14-13-16-9-11-18(25-3)12-10-16)23-17-7-6-8-19(15-17)26(24)5-2;/h9-12,17,19H,4-8,13-15H2,1-3H3,(H2,21,22,23);1H. The first kappa shape index (κ1) is 24.2. The van der Waals surface area contributed by atoms with Gasteiger partial charge in [0.1, 0.15) is 5.75 Å². The SMILES string of the molecule is CCNC(=NCCc1ccc(OC)cc1)NC1CCCC(S(=O)CC)C1.I. The molecular formula is C20H34IN3O2S. The van der Waals surface area contributed by atoms with Crippen molar-refractivity contribution in [2.24, 2.45) is 4.99 Å². The first-order chi connectivity index (χ1) is 12.7. The topological polar surface area (TPSA) is 62.7 Å². The largest absolute Gasteiger partial charge is 0.497 e. The number of guanidine groups is 1. The van der Waals surface area contributed by atoms with Gasteiger partial charge in [0, 0.05) is 40.9 Å². The Morgan fingerprint density at radius 1 is 1.26 bits per heavy atom. The number of hydrogen-bond donors (Lipinski definition) is 2. The van der Waals surface area contributed by atoms with Gasteiger partial charge in [-0.05, 0) is 50.3 Å². The number of rotatable bonds is 8. The van der Waals surface area contributed by atoms with Gasteiger partial charge in [0.15, 0.2) is 5.96 Å². The van der Waals surface area contributed by atoms with Crippen molar-refractivity contribution >= 4 is 40.7 Å². The lowest BCUT2D eigenvalue weighted by Gasteiger charge is -2.30. The minimum atomic E-state index is -0.696. The monoisotopic (exact) mass is 507 g/mol. The summed E-state index contributed by atoms with van der Waals surface area (Å²) < 4.78 is 17.3. The molecule has 5 nitrogen and oxygen atoms in total. The van der Waals surface area contributed by atoms with E-state index in [-0.39, 0.29) is 24.0 Å². The fourth-order valence-electron chi connectivity index (χ4n) is 3.35. The molecule has 1 fully saturated rings. The fourth-order valence-corrected chi connectivity index (χ4v) is 4.70. The molecule has 1 aliphatic carbocycles. The number of aliphatic imine (C=N–C) groups is 1. The minimum absolute atomic E-state index is 0. The summed E-state index contributed by atoms with van der Waals surface area (Å²) in [7, 11) is 0.984. The van der Waals surface area contributed by atoms with Crippen molar-refractivity contribution in [1.29, 1.82) is 0 Å². The molecular weight excluding hydrogens is 473 g/mol. The van der Waals surface area contributed by atoms with Crippen LogP contribution in [0.2, 0.25) is 0 Å². The zero-order chi connectivity index (χ0) is 18.8. The molecule has 0 spiro atoms. The molecule has 154 valence electrons. The van der Waals surface area contributed by atoms with Gasteiger partial charge in [0.2, 0.25) is 0 Å². The third-order valence-electron chi connectivity index (χ3n) is 4.80. The van der Waals surface area contributed by atoms with Crippen LogP contribution in [0.15, 0.2) is 29.3 Å². The molecule has 3 unspecified atom stereocenters. The van der Waals surface area contributed by atoms with Gasteiger partial charge in [0.25, 0.3) is 0 Å². The third-order valence-corrected chi connectivity index (χ3v) is 6.54. The molecule has 0 radical (unpaired) electrons. The summed E-state index contributed by atoms with van der Waals surface area (Å²) in [6, 6.07) is 8.50. The molecule has 0 heterocycles. The van der Waals surface area contributed by atoms with E-state index in [2.05, 4.69) is 29.7 Å². The maximum atomic E-state index is 12.1. The van der Waals surface area contributed by atoms with E-state index in [1.807, 2.05) is 19.1 Å². The second-order valence-corrected chi connectivity index (χ2v) is 8.66. The van der Waals surface area contributed by atoms with Crippen LogP contribution in [0.3, 0.4) is 0 Å². The summed E-state index contributed by atoms with van der Waals surface area (Å²) in [5.74, 6) is 2.51. The van der Waals surface area contributed by atoms with Gasteiger partial charge in [-0.3, -0.25) is 9.20 Å². The maximum absolute atomic E-state index is 12.1. The van der Waals surface area contributed by atoms with Crippen LogP contribution in [0.25, 0.3) is 0 Å².